The van der Waals surface area contributed by atoms with Crippen LogP contribution in [0, 0.1) is 5.82 Å². The van der Waals surface area contributed by atoms with Gasteiger partial charge in [0.2, 0.25) is 0 Å². The van der Waals surface area contributed by atoms with Gasteiger partial charge in [-0.1, -0.05) is 17.7 Å². The topological polar surface area (TPSA) is 33.1 Å². The fourth-order valence-electron chi connectivity index (χ4n) is 1.67. The van der Waals surface area contributed by atoms with Crippen LogP contribution in [-0.2, 0) is 6.42 Å². The van der Waals surface area contributed by atoms with Crippen LogP contribution in [0.1, 0.15) is 17.2 Å². The lowest BCUT2D eigenvalue weighted by Gasteiger charge is -2.12. The molecule has 1 N–H and O–H groups in total. The van der Waals surface area contributed by atoms with E-state index in [2.05, 4.69) is 20.9 Å². The average Bonchev–Trinajstić information content (AvgIpc) is 2.28. The lowest BCUT2D eigenvalue weighted by molar-refractivity contribution is 0.173. The summed E-state index contributed by atoms with van der Waals surface area (Å²) in [6.45, 7) is 0. The monoisotopic (exact) mass is 329 g/mol. The van der Waals surface area contributed by atoms with Crippen molar-refractivity contribution in [3.05, 3.63) is 63.1 Å². The summed E-state index contributed by atoms with van der Waals surface area (Å²) < 4.78 is 14.4. The second-order valence-electron chi connectivity index (χ2n) is 3.90. The van der Waals surface area contributed by atoms with Crippen molar-refractivity contribution in [1.82, 2.24) is 4.98 Å². The quantitative estimate of drug-likeness (QED) is 0.925. The van der Waals surface area contributed by atoms with Crippen molar-refractivity contribution in [3.8, 4) is 0 Å². The van der Waals surface area contributed by atoms with E-state index in [1.54, 1.807) is 18.5 Å². The van der Waals surface area contributed by atoms with E-state index in [0.717, 1.165) is 10.0 Å². The minimum absolute atomic E-state index is 0.236. The lowest BCUT2D eigenvalue weighted by atomic mass is 10.0. The minimum atomic E-state index is -0.918. The maximum absolute atomic E-state index is 13.6. The van der Waals surface area contributed by atoms with Gasteiger partial charge in [0.1, 0.15) is 5.82 Å². The minimum Gasteiger partial charge on any atom is -0.388 e. The van der Waals surface area contributed by atoms with E-state index in [1.807, 2.05) is 6.07 Å². The van der Waals surface area contributed by atoms with E-state index in [-0.39, 0.29) is 5.56 Å². The molecule has 0 spiro atoms. The molecule has 2 nitrogen and oxygen atoms in total. The number of aromatic nitrogens is 1. The van der Waals surface area contributed by atoms with Gasteiger partial charge < -0.3 is 5.11 Å². The summed E-state index contributed by atoms with van der Waals surface area (Å²) in [6, 6.07) is 6.08. The molecule has 1 aromatic heterocycles. The molecule has 0 aliphatic rings. The number of aliphatic hydroxyl groups is 1. The maximum atomic E-state index is 13.6. The van der Waals surface area contributed by atoms with Crippen LogP contribution in [0.2, 0.25) is 5.02 Å². The molecule has 94 valence electrons. The van der Waals surface area contributed by atoms with Gasteiger partial charge in [-0.2, -0.15) is 0 Å². The van der Waals surface area contributed by atoms with E-state index in [1.165, 1.54) is 12.1 Å². The van der Waals surface area contributed by atoms with E-state index in [9.17, 15) is 9.50 Å². The van der Waals surface area contributed by atoms with Gasteiger partial charge in [-0.15, -0.1) is 0 Å². The zero-order chi connectivity index (χ0) is 13.1. The molecule has 0 fully saturated rings. The van der Waals surface area contributed by atoms with Crippen molar-refractivity contribution in [2.45, 2.75) is 12.5 Å². The lowest BCUT2D eigenvalue weighted by Crippen LogP contribution is -2.04. The molecular formula is C13H10BrClFNO. The normalized spacial score (nSPS) is 12.4. The molecule has 2 aromatic rings. The summed E-state index contributed by atoms with van der Waals surface area (Å²) in [5.41, 5.74) is 1.06. The first-order valence-electron chi connectivity index (χ1n) is 5.28. The SMILES string of the molecule is OC(Cc1cncc(Br)c1)c1ccc(Cl)cc1F. The highest BCUT2D eigenvalue weighted by Crippen LogP contribution is 2.24. The second kappa shape index (κ2) is 5.78. The predicted molar refractivity (Wildman–Crippen MR) is 72.0 cm³/mol. The summed E-state index contributed by atoms with van der Waals surface area (Å²) in [7, 11) is 0. The molecule has 1 atom stereocenters. The van der Waals surface area contributed by atoms with Crippen LogP contribution in [-0.4, -0.2) is 10.1 Å². The third-order valence-electron chi connectivity index (χ3n) is 2.51. The number of aliphatic hydroxyl groups excluding tert-OH is 1. The van der Waals surface area contributed by atoms with E-state index < -0.39 is 11.9 Å². The largest absolute Gasteiger partial charge is 0.388 e. The Labute approximate surface area is 118 Å². The summed E-state index contributed by atoms with van der Waals surface area (Å²) in [5, 5.41) is 10.3. The Balaban J connectivity index is 2.19. The van der Waals surface area contributed by atoms with Crippen molar-refractivity contribution in [2.75, 3.05) is 0 Å². The van der Waals surface area contributed by atoms with Gasteiger partial charge >= 0.3 is 0 Å². The smallest absolute Gasteiger partial charge is 0.130 e. The molecule has 18 heavy (non-hydrogen) atoms. The Hall–Kier alpha value is -0.970. The molecule has 0 aliphatic heterocycles. The Morgan fingerprint density at radius 1 is 1.33 bits per heavy atom. The Kier molecular flexibility index (Phi) is 4.32. The number of benzene rings is 1. The van der Waals surface area contributed by atoms with Crippen molar-refractivity contribution in [1.29, 1.82) is 0 Å². The van der Waals surface area contributed by atoms with Crippen LogP contribution in [0.25, 0.3) is 0 Å². The molecule has 0 amide bonds. The first-order chi connectivity index (χ1) is 8.56. The van der Waals surface area contributed by atoms with Crippen molar-refractivity contribution >= 4 is 27.5 Å². The first-order valence-corrected chi connectivity index (χ1v) is 6.46. The first kappa shape index (κ1) is 13.5. The highest BCUT2D eigenvalue weighted by atomic mass is 79.9. The van der Waals surface area contributed by atoms with Crippen LogP contribution in [0.3, 0.4) is 0 Å². The molecule has 5 heteroatoms. The number of rotatable bonds is 3. The van der Waals surface area contributed by atoms with Gasteiger partial charge in [0.25, 0.3) is 0 Å². The van der Waals surface area contributed by atoms with Gasteiger partial charge in [0, 0.05) is 33.9 Å². The molecule has 0 aliphatic carbocycles. The van der Waals surface area contributed by atoms with Crippen LogP contribution >= 0.6 is 27.5 Å². The van der Waals surface area contributed by atoms with Gasteiger partial charge in [0.05, 0.1) is 6.10 Å². The number of nitrogens with zero attached hydrogens (tertiary/aromatic N) is 1. The van der Waals surface area contributed by atoms with E-state index >= 15 is 0 Å². The Morgan fingerprint density at radius 3 is 2.78 bits per heavy atom. The van der Waals surface area contributed by atoms with E-state index in [0.29, 0.717) is 11.4 Å². The maximum Gasteiger partial charge on any atom is 0.130 e. The molecule has 1 heterocycles. The van der Waals surface area contributed by atoms with Crippen LogP contribution < -0.4 is 0 Å². The Morgan fingerprint density at radius 2 is 2.11 bits per heavy atom. The average molecular weight is 331 g/mol. The molecule has 2 rings (SSSR count). The summed E-state index contributed by atoms with van der Waals surface area (Å²) in [4.78, 5) is 3.99. The number of halogens is 3. The van der Waals surface area contributed by atoms with Crippen LogP contribution in [0.15, 0.2) is 41.1 Å². The van der Waals surface area contributed by atoms with Gasteiger partial charge in [-0.05, 0) is 39.7 Å². The molecule has 0 saturated heterocycles. The van der Waals surface area contributed by atoms with Crippen LogP contribution in [0.4, 0.5) is 4.39 Å². The van der Waals surface area contributed by atoms with Crippen molar-refractivity contribution < 1.29 is 9.50 Å². The molecule has 0 bridgehead atoms. The highest BCUT2D eigenvalue weighted by molar-refractivity contribution is 9.10. The standard InChI is InChI=1S/C13H10BrClFNO/c14-9-3-8(6-17-7-9)4-13(18)11-2-1-10(15)5-12(11)16/h1-3,5-7,13,18H,4H2. The number of hydrogen-bond donors (Lipinski definition) is 1. The summed E-state index contributed by atoms with van der Waals surface area (Å²) in [5.74, 6) is -0.502. The van der Waals surface area contributed by atoms with Gasteiger partial charge in [-0.25, -0.2) is 4.39 Å². The fraction of sp³-hybridized carbons (Fsp3) is 0.154. The predicted octanol–water partition coefficient (Wildman–Crippen LogP) is 3.91. The molecule has 1 aromatic carbocycles. The van der Waals surface area contributed by atoms with Crippen molar-refractivity contribution in [2.24, 2.45) is 0 Å². The highest BCUT2D eigenvalue weighted by Gasteiger charge is 2.14. The zero-order valence-electron chi connectivity index (χ0n) is 9.28. The third kappa shape index (κ3) is 3.28. The Bertz CT molecular complexity index is 564. The van der Waals surface area contributed by atoms with Gasteiger partial charge in [0.15, 0.2) is 0 Å². The molecule has 0 saturated carbocycles. The third-order valence-corrected chi connectivity index (χ3v) is 3.18. The second-order valence-corrected chi connectivity index (χ2v) is 5.25. The molecule has 0 radical (unpaired) electrons. The van der Waals surface area contributed by atoms with Crippen molar-refractivity contribution in [3.63, 3.8) is 0 Å². The fourth-order valence-corrected chi connectivity index (χ4v) is 2.24. The number of hydrogen-bond acceptors (Lipinski definition) is 2. The van der Waals surface area contributed by atoms with Gasteiger partial charge in [-0.3, -0.25) is 4.98 Å². The summed E-state index contributed by atoms with van der Waals surface area (Å²) >= 11 is 8.96. The molecule has 1 unspecified atom stereocenters. The molecular weight excluding hydrogens is 321 g/mol. The zero-order valence-corrected chi connectivity index (χ0v) is 11.6. The van der Waals surface area contributed by atoms with Crippen LogP contribution in [0.5, 0.6) is 0 Å². The summed E-state index contributed by atoms with van der Waals surface area (Å²) in [6.07, 6.45) is 2.67. The van der Waals surface area contributed by atoms with E-state index in [4.69, 9.17) is 11.6 Å². The number of pyridine rings is 1.